The Labute approximate surface area is 77.9 Å². The summed E-state index contributed by atoms with van der Waals surface area (Å²) >= 11 is 0. The Hall–Kier alpha value is -1.28. The third-order valence-electron chi connectivity index (χ3n) is 2.50. The molecule has 0 heterocycles. The van der Waals surface area contributed by atoms with E-state index in [-0.39, 0.29) is 12.1 Å². The molecule has 2 heteroatoms. The highest BCUT2D eigenvalue weighted by molar-refractivity contribution is 5.36. The summed E-state index contributed by atoms with van der Waals surface area (Å²) in [5.74, 6) is 0. The highest BCUT2D eigenvalue weighted by Gasteiger charge is 2.29. The molecule has 2 unspecified atom stereocenters. The van der Waals surface area contributed by atoms with Crippen LogP contribution in [0.5, 0.6) is 0 Å². The highest BCUT2D eigenvalue weighted by atomic mass is 16.3. The Morgan fingerprint density at radius 2 is 2.23 bits per heavy atom. The van der Waals surface area contributed by atoms with Crippen molar-refractivity contribution in [2.45, 2.75) is 18.6 Å². The summed E-state index contributed by atoms with van der Waals surface area (Å²) in [7, 11) is 0. The van der Waals surface area contributed by atoms with E-state index in [2.05, 4.69) is 18.0 Å². The lowest BCUT2D eigenvalue weighted by molar-refractivity contribution is 0.148. The van der Waals surface area contributed by atoms with Crippen molar-refractivity contribution >= 4 is 0 Å². The van der Waals surface area contributed by atoms with Crippen LogP contribution in [0.4, 0.5) is 0 Å². The SMILES string of the molecule is C=CNC1c2ccccc2CC1O. The number of benzene rings is 1. The smallest absolute Gasteiger partial charge is 0.0823 e. The minimum Gasteiger partial charge on any atom is -0.390 e. The Morgan fingerprint density at radius 3 is 3.00 bits per heavy atom. The van der Waals surface area contributed by atoms with Crippen LogP contribution < -0.4 is 5.32 Å². The number of hydrogen-bond donors (Lipinski definition) is 2. The number of aliphatic hydroxyl groups excluding tert-OH is 1. The fourth-order valence-electron chi connectivity index (χ4n) is 1.90. The highest BCUT2D eigenvalue weighted by Crippen LogP contribution is 2.30. The average molecular weight is 175 g/mol. The van der Waals surface area contributed by atoms with Crippen LogP contribution in [0.25, 0.3) is 0 Å². The first-order chi connectivity index (χ1) is 6.33. The zero-order valence-electron chi connectivity index (χ0n) is 7.40. The number of rotatable bonds is 2. The van der Waals surface area contributed by atoms with Crippen molar-refractivity contribution in [2.75, 3.05) is 0 Å². The third kappa shape index (κ3) is 1.33. The molecule has 1 aliphatic carbocycles. The number of aliphatic hydroxyl groups is 1. The predicted octanol–water partition coefficient (Wildman–Crippen LogP) is 1.38. The van der Waals surface area contributed by atoms with Gasteiger partial charge in [-0.25, -0.2) is 0 Å². The molecule has 2 nitrogen and oxygen atoms in total. The lowest BCUT2D eigenvalue weighted by atomic mass is 10.1. The number of nitrogens with one attached hydrogen (secondary N) is 1. The zero-order valence-corrected chi connectivity index (χ0v) is 7.40. The number of fused-ring (bicyclic) bond motifs is 1. The largest absolute Gasteiger partial charge is 0.390 e. The molecule has 0 bridgehead atoms. The Morgan fingerprint density at radius 1 is 1.46 bits per heavy atom. The summed E-state index contributed by atoms with van der Waals surface area (Å²) in [6.45, 7) is 3.61. The van der Waals surface area contributed by atoms with E-state index in [9.17, 15) is 5.11 Å². The maximum Gasteiger partial charge on any atom is 0.0823 e. The molecule has 1 aromatic rings. The van der Waals surface area contributed by atoms with E-state index in [0.717, 1.165) is 6.42 Å². The normalized spacial score (nSPS) is 25.3. The van der Waals surface area contributed by atoms with Crippen molar-refractivity contribution in [1.29, 1.82) is 0 Å². The molecule has 1 aromatic carbocycles. The van der Waals surface area contributed by atoms with Crippen LogP contribution in [-0.4, -0.2) is 11.2 Å². The van der Waals surface area contributed by atoms with E-state index in [0.29, 0.717) is 0 Å². The molecule has 68 valence electrons. The summed E-state index contributed by atoms with van der Waals surface area (Å²) in [5, 5.41) is 12.8. The van der Waals surface area contributed by atoms with E-state index in [1.165, 1.54) is 11.1 Å². The van der Waals surface area contributed by atoms with E-state index in [4.69, 9.17) is 0 Å². The third-order valence-corrected chi connectivity index (χ3v) is 2.50. The van der Waals surface area contributed by atoms with Gasteiger partial charge >= 0.3 is 0 Å². The van der Waals surface area contributed by atoms with E-state index in [1.54, 1.807) is 6.20 Å². The minimum atomic E-state index is -0.324. The van der Waals surface area contributed by atoms with E-state index in [1.807, 2.05) is 18.2 Å². The van der Waals surface area contributed by atoms with Crippen LogP contribution in [0, 0.1) is 0 Å². The molecular weight excluding hydrogens is 162 g/mol. The van der Waals surface area contributed by atoms with Gasteiger partial charge < -0.3 is 10.4 Å². The van der Waals surface area contributed by atoms with Crippen molar-refractivity contribution in [1.82, 2.24) is 5.32 Å². The molecule has 1 aliphatic rings. The molecule has 0 fully saturated rings. The topological polar surface area (TPSA) is 32.3 Å². The molecule has 0 radical (unpaired) electrons. The molecule has 0 amide bonds. The van der Waals surface area contributed by atoms with Gasteiger partial charge in [-0.15, -0.1) is 0 Å². The van der Waals surface area contributed by atoms with Gasteiger partial charge in [0.25, 0.3) is 0 Å². The van der Waals surface area contributed by atoms with Crippen LogP contribution in [0.3, 0.4) is 0 Å². The second-order valence-corrected chi connectivity index (χ2v) is 3.32. The van der Waals surface area contributed by atoms with Crippen molar-refractivity contribution in [3.63, 3.8) is 0 Å². The first-order valence-corrected chi connectivity index (χ1v) is 4.45. The molecule has 13 heavy (non-hydrogen) atoms. The maximum atomic E-state index is 9.73. The lowest BCUT2D eigenvalue weighted by Gasteiger charge is -2.15. The van der Waals surface area contributed by atoms with Crippen molar-refractivity contribution < 1.29 is 5.11 Å². The second kappa shape index (κ2) is 3.23. The Kier molecular flexibility index (Phi) is 2.07. The fourth-order valence-corrected chi connectivity index (χ4v) is 1.90. The van der Waals surface area contributed by atoms with Gasteiger partial charge in [0.2, 0.25) is 0 Å². The zero-order chi connectivity index (χ0) is 9.26. The summed E-state index contributed by atoms with van der Waals surface area (Å²) < 4.78 is 0. The Bertz CT molecular complexity index is 322. The van der Waals surface area contributed by atoms with E-state index >= 15 is 0 Å². The summed E-state index contributed by atoms with van der Waals surface area (Å²) in [4.78, 5) is 0. The first kappa shape index (κ1) is 8.32. The molecule has 2 rings (SSSR count). The molecule has 0 saturated heterocycles. The molecule has 0 aromatic heterocycles. The van der Waals surface area contributed by atoms with Crippen LogP contribution in [0.15, 0.2) is 37.0 Å². The van der Waals surface area contributed by atoms with Gasteiger partial charge in [0.05, 0.1) is 12.1 Å². The molecule has 0 saturated carbocycles. The summed E-state index contributed by atoms with van der Waals surface area (Å²) in [5.41, 5.74) is 2.42. The monoisotopic (exact) mass is 175 g/mol. The molecular formula is C11H13NO. The second-order valence-electron chi connectivity index (χ2n) is 3.32. The van der Waals surface area contributed by atoms with Gasteiger partial charge in [-0.2, -0.15) is 0 Å². The molecule has 2 atom stereocenters. The Balaban J connectivity index is 2.34. The first-order valence-electron chi connectivity index (χ1n) is 4.45. The molecule has 0 spiro atoms. The predicted molar refractivity (Wildman–Crippen MR) is 52.2 cm³/mol. The van der Waals surface area contributed by atoms with Crippen LogP contribution in [-0.2, 0) is 6.42 Å². The van der Waals surface area contributed by atoms with Crippen molar-refractivity contribution in [2.24, 2.45) is 0 Å². The summed E-state index contributed by atoms with van der Waals surface area (Å²) in [6.07, 6.45) is 2.05. The van der Waals surface area contributed by atoms with Crippen molar-refractivity contribution in [3.8, 4) is 0 Å². The fraction of sp³-hybridized carbons (Fsp3) is 0.273. The van der Waals surface area contributed by atoms with E-state index < -0.39 is 0 Å². The molecule has 0 aliphatic heterocycles. The van der Waals surface area contributed by atoms with Gasteiger partial charge in [0.1, 0.15) is 0 Å². The summed E-state index contributed by atoms with van der Waals surface area (Å²) in [6, 6.07) is 8.13. The van der Waals surface area contributed by atoms with Crippen molar-refractivity contribution in [3.05, 3.63) is 48.2 Å². The standard InChI is InChI=1S/C11H13NO/c1-2-12-11-9-6-4-3-5-8(9)7-10(11)13/h2-6,10-13H,1,7H2. The van der Waals surface area contributed by atoms with Crippen LogP contribution >= 0.6 is 0 Å². The molecule has 2 N–H and O–H groups in total. The van der Waals surface area contributed by atoms with Crippen LogP contribution in [0.2, 0.25) is 0 Å². The minimum absolute atomic E-state index is 0.0219. The van der Waals surface area contributed by atoms with Gasteiger partial charge in [0.15, 0.2) is 0 Å². The van der Waals surface area contributed by atoms with Gasteiger partial charge in [0, 0.05) is 6.42 Å². The van der Waals surface area contributed by atoms with Crippen LogP contribution in [0.1, 0.15) is 17.2 Å². The average Bonchev–Trinajstić information content (AvgIpc) is 2.44. The quantitative estimate of drug-likeness (QED) is 0.711. The van der Waals surface area contributed by atoms with Gasteiger partial charge in [-0.3, -0.25) is 0 Å². The number of hydrogen-bond acceptors (Lipinski definition) is 2. The lowest BCUT2D eigenvalue weighted by Crippen LogP contribution is -2.24. The maximum absolute atomic E-state index is 9.73. The van der Waals surface area contributed by atoms with Gasteiger partial charge in [-0.1, -0.05) is 30.8 Å². The van der Waals surface area contributed by atoms with Gasteiger partial charge in [-0.05, 0) is 17.3 Å².